The second-order valence-corrected chi connectivity index (χ2v) is 5.90. The zero-order chi connectivity index (χ0) is 15.5. The van der Waals surface area contributed by atoms with E-state index in [9.17, 15) is 10.1 Å². The Hall–Kier alpha value is -2.20. The summed E-state index contributed by atoms with van der Waals surface area (Å²) in [5, 5.41) is 22.9. The van der Waals surface area contributed by atoms with Crippen molar-refractivity contribution in [3.8, 4) is 6.07 Å². The molecule has 1 fully saturated rings. The molecule has 1 aliphatic heterocycles. The summed E-state index contributed by atoms with van der Waals surface area (Å²) in [6.07, 6.45) is 2.18. The van der Waals surface area contributed by atoms with Crippen LogP contribution in [0.4, 0.5) is 11.5 Å². The van der Waals surface area contributed by atoms with Gasteiger partial charge in [0.2, 0.25) is 5.69 Å². The molecular formula is C14H19N5O2. The van der Waals surface area contributed by atoms with Gasteiger partial charge < -0.3 is 10.2 Å². The van der Waals surface area contributed by atoms with Crippen LogP contribution in [0.3, 0.4) is 0 Å². The van der Waals surface area contributed by atoms with Crippen LogP contribution in [0.5, 0.6) is 0 Å². The monoisotopic (exact) mass is 289 g/mol. The highest BCUT2D eigenvalue weighted by molar-refractivity contribution is 5.50. The van der Waals surface area contributed by atoms with E-state index in [1.54, 1.807) is 12.1 Å². The minimum Gasteiger partial charge on any atom is -0.369 e. The molecule has 0 bridgehead atoms. The number of pyridine rings is 1. The number of rotatable bonds is 4. The second kappa shape index (κ2) is 6.06. The third kappa shape index (κ3) is 3.67. The Morgan fingerprint density at radius 1 is 1.52 bits per heavy atom. The van der Waals surface area contributed by atoms with Crippen LogP contribution in [-0.4, -0.2) is 41.5 Å². The van der Waals surface area contributed by atoms with Gasteiger partial charge in [0.25, 0.3) is 0 Å². The van der Waals surface area contributed by atoms with Crippen molar-refractivity contribution in [1.29, 1.82) is 5.26 Å². The molecule has 21 heavy (non-hydrogen) atoms. The third-order valence-electron chi connectivity index (χ3n) is 4.07. The van der Waals surface area contributed by atoms with Crippen LogP contribution in [0.25, 0.3) is 0 Å². The highest BCUT2D eigenvalue weighted by atomic mass is 16.6. The van der Waals surface area contributed by atoms with E-state index in [-0.39, 0.29) is 16.8 Å². The van der Waals surface area contributed by atoms with E-state index in [1.165, 1.54) is 6.07 Å². The molecule has 2 rings (SSSR count). The Balaban J connectivity index is 2.04. The molecule has 0 radical (unpaired) electrons. The molecule has 1 aromatic heterocycles. The average molecular weight is 289 g/mol. The summed E-state index contributed by atoms with van der Waals surface area (Å²) in [5.41, 5.74) is -0.227. The van der Waals surface area contributed by atoms with Crippen LogP contribution in [-0.2, 0) is 0 Å². The lowest BCUT2D eigenvalue weighted by molar-refractivity contribution is -0.385. The molecule has 0 saturated carbocycles. The van der Waals surface area contributed by atoms with Gasteiger partial charge in [0.05, 0.1) is 4.92 Å². The summed E-state index contributed by atoms with van der Waals surface area (Å²) in [7, 11) is 2.12. The standard InChI is InChI=1S/C14H19N5O2/c1-14(5-7-18(2)8-6-14)10-16-13-4-3-12(19(20)21)11(9-15)17-13/h3-4H,5-8,10H2,1-2H3,(H,16,17). The summed E-state index contributed by atoms with van der Waals surface area (Å²) in [6, 6.07) is 4.65. The molecule has 0 aliphatic carbocycles. The second-order valence-electron chi connectivity index (χ2n) is 5.90. The summed E-state index contributed by atoms with van der Waals surface area (Å²) in [6.45, 7) is 5.10. The van der Waals surface area contributed by atoms with Crippen molar-refractivity contribution >= 4 is 11.5 Å². The van der Waals surface area contributed by atoms with Crippen LogP contribution < -0.4 is 5.32 Å². The van der Waals surface area contributed by atoms with Crippen LogP contribution in [0, 0.1) is 26.9 Å². The highest BCUT2D eigenvalue weighted by Gasteiger charge is 2.28. The average Bonchev–Trinajstić information content (AvgIpc) is 2.48. The highest BCUT2D eigenvalue weighted by Crippen LogP contribution is 2.30. The number of nitrogens with zero attached hydrogens (tertiary/aromatic N) is 4. The maximum Gasteiger partial charge on any atom is 0.305 e. The van der Waals surface area contributed by atoms with Gasteiger partial charge in [-0.1, -0.05) is 6.92 Å². The molecule has 2 heterocycles. The molecule has 7 heteroatoms. The van der Waals surface area contributed by atoms with Crippen molar-refractivity contribution in [2.45, 2.75) is 19.8 Å². The number of hydrogen-bond acceptors (Lipinski definition) is 6. The van der Waals surface area contributed by atoms with Crippen molar-refractivity contribution < 1.29 is 4.92 Å². The number of likely N-dealkylation sites (tertiary alicyclic amines) is 1. The quantitative estimate of drug-likeness (QED) is 0.673. The Bertz CT molecular complexity index is 573. The molecule has 0 spiro atoms. The van der Waals surface area contributed by atoms with Gasteiger partial charge >= 0.3 is 5.69 Å². The van der Waals surface area contributed by atoms with Crippen molar-refractivity contribution in [3.05, 3.63) is 27.9 Å². The van der Waals surface area contributed by atoms with Gasteiger partial charge in [-0.05, 0) is 44.5 Å². The molecular weight excluding hydrogens is 270 g/mol. The number of aromatic nitrogens is 1. The van der Waals surface area contributed by atoms with E-state index < -0.39 is 4.92 Å². The van der Waals surface area contributed by atoms with E-state index >= 15 is 0 Å². The van der Waals surface area contributed by atoms with E-state index in [0.717, 1.165) is 32.5 Å². The van der Waals surface area contributed by atoms with Crippen molar-refractivity contribution in [2.24, 2.45) is 5.41 Å². The molecule has 0 unspecified atom stereocenters. The van der Waals surface area contributed by atoms with E-state index in [4.69, 9.17) is 5.26 Å². The lowest BCUT2D eigenvalue weighted by Crippen LogP contribution is -2.40. The number of hydrogen-bond donors (Lipinski definition) is 1. The molecule has 1 N–H and O–H groups in total. The lowest BCUT2D eigenvalue weighted by atomic mass is 9.80. The molecule has 1 aromatic rings. The molecule has 1 saturated heterocycles. The Morgan fingerprint density at radius 2 is 2.19 bits per heavy atom. The van der Waals surface area contributed by atoms with Crippen molar-refractivity contribution in [1.82, 2.24) is 9.88 Å². The number of nitro groups is 1. The largest absolute Gasteiger partial charge is 0.369 e. The van der Waals surface area contributed by atoms with Gasteiger partial charge in [-0.25, -0.2) is 4.98 Å². The smallest absolute Gasteiger partial charge is 0.305 e. The fraction of sp³-hybridized carbons (Fsp3) is 0.571. The van der Waals surface area contributed by atoms with Gasteiger partial charge in [-0.15, -0.1) is 0 Å². The van der Waals surface area contributed by atoms with Crippen LogP contribution >= 0.6 is 0 Å². The van der Waals surface area contributed by atoms with Crippen LogP contribution in [0.2, 0.25) is 0 Å². The minimum atomic E-state index is -0.590. The zero-order valence-electron chi connectivity index (χ0n) is 12.3. The number of nitriles is 1. The van der Waals surface area contributed by atoms with Gasteiger partial charge in [0.1, 0.15) is 11.9 Å². The van der Waals surface area contributed by atoms with Crippen LogP contribution in [0.1, 0.15) is 25.5 Å². The maximum absolute atomic E-state index is 10.8. The van der Waals surface area contributed by atoms with Crippen molar-refractivity contribution in [3.63, 3.8) is 0 Å². The van der Waals surface area contributed by atoms with Gasteiger partial charge in [-0.2, -0.15) is 5.26 Å². The molecule has 1 aliphatic rings. The molecule has 7 nitrogen and oxygen atoms in total. The van der Waals surface area contributed by atoms with E-state index in [1.807, 2.05) is 0 Å². The molecule has 0 amide bonds. The predicted molar refractivity (Wildman–Crippen MR) is 78.9 cm³/mol. The summed E-state index contributed by atoms with van der Waals surface area (Å²) >= 11 is 0. The first-order chi connectivity index (χ1) is 9.93. The Morgan fingerprint density at radius 3 is 2.76 bits per heavy atom. The van der Waals surface area contributed by atoms with Crippen molar-refractivity contribution in [2.75, 3.05) is 32.0 Å². The SMILES string of the molecule is CN1CCC(C)(CNc2ccc([N+](=O)[O-])c(C#N)n2)CC1. The minimum absolute atomic E-state index is 0.154. The molecule has 112 valence electrons. The summed E-state index contributed by atoms with van der Waals surface area (Å²) in [5.74, 6) is 0.511. The normalized spacial score (nSPS) is 18.0. The summed E-state index contributed by atoms with van der Waals surface area (Å²) in [4.78, 5) is 16.5. The predicted octanol–water partition coefficient (Wildman–Crippen LogP) is 2.01. The third-order valence-corrected chi connectivity index (χ3v) is 4.07. The maximum atomic E-state index is 10.8. The number of piperidine rings is 1. The first-order valence-corrected chi connectivity index (χ1v) is 6.91. The van der Waals surface area contributed by atoms with Crippen LogP contribution in [0.15, 0.2) is 12.1 Å². The molecule has 0 atom stereocenters. The first-order valence-electron chi connectivity index (χ1n) is 6.91. The fourth-order valence-corrected chi connectivity index (χ4v) is 2.42. The number of anilines is 1. The van der Waals surface area contributed by atoms with Gasteiger partial charge in [0, 0.05) is 12.6 Å². The van der Waals surface area contributed by atoms with E-state index in [2.05, 4.69) is 29.2 Å². The van der Waals surface area contributed by atoms with Gasteiger partial charge in [0.15, 0.2) is 0 Å². The summed E-state index contributed by atoms with van der Waals surface area (Å²) < 4.78 is 0. The lowest BCUT2D eigenvalue weighted by Gasteiger charge is -2.38. The topological polar surface area (TPSA) is 95.1 Å². The van der Waals surface area contributed by atoms with E-state index in [0.29, 0.717) is 5.82 Å². The molecule has 0 aromatic carbocycles. The Labute approximate surface area is 123 Å². The first kappa shape index (κ1) is 15.2. The number of nitrogens with one attached hydrogen (secondary N) is 1. The van der Waals surface area contributed by atoms with Gasteiger partial charge in [-0.3, -0.25) is 10.1 Å². The zero-order valence-corrected chi connectivity index (χ0v) is 12.3. The fourth-order valence-electron chi connectivity index (χ4n) is 2.42. The Kier molecular flexibility index (Phi) is 4.38.